The first-order valence-electron chi connectivity index (χ1n) is 9.46. The number of carbonyl (C=O) groups excluding carboxylic acids is 2. The van der Waals surface area contributed by atoms with Crippen molar-refractivity contribution < 1.29 is 9.59 Å². The topological polar surface area (TPSA) is 62.3 Å². The van der Waals surface area contributed by atoms with E-state index in [9.17, 15) is 9.59 Å². The SMILES string of the molecule is Cc1cncc(NC(=O)C(=O)N2C[C@H](C)CC[C@H]2c2ccc(C)c(C)c2)c1. The summed E-state index contributed by atoms with van der Waals surface area (Å²) in [6, 6.07) is 8.04. The highest BCUT2D eigenvalue weighted by atomic mass is 16.2. The Morgan fingerprint density at radius 3 is 2.56 bits per heavy atom. The minimum Gasteiger partial charge on any atom is -0.327 e. The number of pyridine rings is 1. The fourth-order valence-electron chi connectivity index (χ4n) is 3.63. The van der Waals surface area contributed by atoms with Crippen LogP contribution in [0.15, 0.2) is 36.7 Å². The second kappa shape index (κ2) is 7.91. The van der Waals surface area contributed by atoms with Crippen LogP contribution in [0.1, 0.15) is 48.1 Å². The van der Waals surface area contributed by atoms with Crippen LogP contribution in [-0.4, -0.2) is 28.2 Å². The number of aromatic nitrogens is 1. The van der Waals surface area contributed by atoms with Crippen molar-refractivity contribution in [2.24, 2.45) is 5.92 Å². The molecule has 0 spiro atoms. The predicted molar refractivity (Wildman–Crippen MR) is 106 cm³/mol. The van der Waals surface area contributed by atoms with Gasteiger partial charge in [-0.2, -0.15) is 0 Å². The number of hydrogen-bond donors (Lipinski definition) is 1. The minimum absolute atomic E-state index is 0.0608. The van der Waals surface area contributed by atoms with E-state index >= 15 is 0 Å². The Kier molecular flexibility index (Phi) is 5.59. The van der Waals surface area contributed by atoms with Crippen LogP contribution >= 0.6 is 0 Å². The van der Waals surface area contributed by atoms with Gasteiger partial charge < -0.3 is 10.2 Å². The average molecular weight is 365 g/mol. The number of likely N-dealkylation sites (tertiary alicyclic amines) is 1. The number of rotatable bonds is 2. The normalized spacial score (nSPS) is 19.6. The third-order valence-corrected chi connectivity index (χ3v) is 5.32. The molecule has 142 valence electrons. The Balaban J connectivity index is 1.82. The van der Waals surface area contributed by atoms with Crippen LogP contribution in [0.2, 0.25) is 0 Å². The Labute approximate surface area is 160 Å². The molecule has 0 saturated carbocycles. The molecule has 2 heterocycles. The van der Waals surface area contributed by atoms with Crippen molar-refractivity contribution in [1.82, 2.24) is 9.88 Å². The van der Waals surface area contributed by atoms with Crippen molar-refractivity contribution in [1.29, 1.82) is 0 Å². The molecule has 2 amide bonds. The van der Waals surface area contributed by atoms with Crippen molar-refractivity contribution in [3.8, 4) is 0 Å². The van der Waals surface area contributed by atoms with Crippen LogP contribution in [-0.2, 0) is 9.59 Å². The fraction of sp³-hybridized carbons (Fsp3) is 0.409. The minimum atomic E-state index is -0.606. The zero-order chi connectivity index (χ0) is 19.6. The van der Waals surface area contributed by atoms with Crippen molar-refractivity contribution in [2.75, 3.05) is 11.9 Å². The van der Waals surface area contributed by atoms with E-state index in [-0.39, 0.29) is 6.04 Å². The molecule has 1 N–H and O–H groups in total. The van der Waals surface area contributed by atoms with Gasteiger partial charge in [-0.1, -0.05) is 25.1 Å². The molecule has 3 rings (SSSR count). The number of aryl methyl sites for hydroxylation is 3. The number of hydrogen-bond acceptors (Lipinski definition) is 3. The van der Waals surface area contributed by atoms with E-state index < -0.39 is 11.8 Å². The number of amides is 2. The van der Waals surface area contributed by atoms with Crippen LogP contribution in [0.25, 0.3) is 0 Å². The Morgan fingerprint density at radius 1 is 1.07 bits per heavy atom. The lowest BCUT2D eigenvalue weighted by molar-refractivity contribution is -0.146. The summed E-state index contributed by atoms with van der Waals surface area (Å²) in [4.78, 5) is 31.4. The van der Waals surface area contributed by atoms with Gasteiger partial charge in [0.05, 0.1) is 17.9 Å². The van der Waals surface area contributed by atoms with Gasteiger partial charge in [-0.15, -0.1) is 0 Å². The van der Waals surface area contributed by atoms with Gasteiger partial charge in [-0.3, -0.25) is 14.6 Å². The first-order valence-corrected chi connectivity index (χ1v) is 9.46. The number of nitrogens with zero attached hydrogens (tertiary/aromatic N) is 2. The molecule has 2 aromatic rings. The highest BCUT2D eigenvalue weighted by molar-refractivity contribution is 6.39. The largest absolute Gasteiger partial charge is 0.327 e. The Morgan fingerprint density at radius 2 is 1.85 bits per heavy atom. The van der Waals surface area contributed by atoms with Gasteiger partial charge in [0.1, 0.15) is 0 Å². The molecule has 0 radical (unpaired) electrons. The third kappa shape index (κ3) is 4.35. The number of piperidine rings is 1. The van der Waals surface area contributed by atoms with Crippen LogP contribution in [0.5, 0.6) is 0 Å². The number of anilines is 1. The maximum atomic E-state index is 13.0. The van der Waals surface area contributed by atoms with Crippen LogP contribution in [0.4, 0.5) is 5.69 Å². The molecule has 2 atom stereocenters. The molecule has 1 fully saturated rings. The molecular weight excluding hydrogens is 338 g/mol. The summed E-state index contributed by atoms with van der Waals surface area (Å²) in [7, 11) is 0. The number of benzene rings is 1. The summed E-state index contributed by atoms with van der Waals surface area (Å²) in [6.45, 7) is 8.77. The Bertz CT molecular complexity index is 862. The lowest BCUT2D eigenvalue weighted by Gasteiger charge is -2.38. The molecule has 1 aromatic carbocycles. The maximum absolute atomic E-state index is 13.0. The standard InChI is InChI=1S/C22H27N3O2/c1-14-5-8-20(18-7-6-16(3)17(4)10-18)25(13-14)22(27)21(26)24-19-9-15(2)11-23-12-19/h6-7,9-12,14,20H,5,8,13H2,1-4H3,(H,24,26)/t14-,20+/m1/s1. The van der Waals surface area contributed by atoms with E-state index in [4.69, 9.17) is 0 Å². The average Bonchev–Trinajstić information content (AvgIpc) is 2.63. The summed E-state index contributed by atoms with van der Waals surface area (Å²) in [6.07, 6.45) is 5.18. The molecule has 1 aliphatic heterocycles. The number of carbonyl (C=O) groups is 2. The molecule has 5 heteroatoms. The highest BCUT2D eigenvalue weighted by Gasteiger charge is 2.34. The lowest BCUT2D eigenvalue weighted by Crippen LogP contribution is -2.46. The van der Waals surface area contributed by atoms with Gasteiger partial charge in [-0.25, -0.2) is 0 Å². The maximum Gasteiger partial charge on any atom is 0.313 e. The molecule has 0 aliphatic carbocycles. The Hall–Kier alpha value is -2.69. The summed E-state index contributed by atoms with van der Waals surface area (Å²) in [5, 5.41) is 2.69. The quantitative estimate of drug-likeness (QED) is 0.820. The van der Waals surface area contributed by atoms with Crippen molar-refractivity contribution >= 4 is 17.5 Å². The summed E-state index contributed by atoms with van der Waals surface area (Å²) >= 11 is 0. The second-order valence-corrected chi connectivity index (χ2v) is 7.70. The molecular formula is C22H27N3O2. The van der Waals surface area contributed by atoms with Crippen molar-refractivity contribution in [3.05, 3.63) is 58.9 Å². The molecule has 0 bridgehead atoms. The van der Waals surface area contributed by atoms with E-state index in [1.54, 1.807) is 23.4 Å². The first-order chi connectivity index (χ1) is 12.8. The zero-order valence-corrected chi connectivity index (χ0v) is 16.5. The first kappa shape index (κ1) is 19.1. The summed E-state index contributed by atoms with van der Waals surface area (Å²) in [5.41, 5.74) is 5.00. The molecule has 1 saturated heterocycles. The van der Waals surface area contributed by atoms with Gasteiger partial charge in [0, 0.05) is 12.7 Å². The van der Waals surface area contributed by atoms with Gasteiger partial charge >= 0.3 is 11.8 Å². The highest BCUT2D eigenvalue weighted by Crippen LogP contribution is 2.34. The molecule has 27 heavy (non-hydrogen) atoms. The number of nitrogens with one attached hydrogen (secondary N) is 1. The molecule has 1 aromatic heterocycles. The van der Waals surface area contributed by atoms with E-state index in [0.29, 0.717) is 18.2 Å². The van der Waals surface area contributed by atoms with E-state index in [1.165, 1.54) is 11.1 Å². The van der Waals surface area contributed by atoms with E-state index in [1.807, 2.05) is 6.92 Å². The predicted octanol–water partition coefficient (Wildman–Crippen LogP) is 3.95. The van der Waals surface area contributed by atoms with E-state index in [2.05, 4.69) is 49.3 Å². The van der Waals surface area contributed by atoms with Gasteiger partial charge in [0.2, 0.25) is 0 Å². The fourth-order valence-corrected chi connectivity index (χ4v) is 3.63. The lowest BCUT2D eigenvalue weighted by atomic mass is 9.88. The van der Waals surface area contributed by atoms with E-state index in [0.717, 1.165) is 24.0 Å². The summed E-state index contributed by atoms with van der Waals surface area (Å²) in [5.74, 6) is -0.707. The van der Waals surface area contributed by atoms with Crippen LogP contribution in [0, 0.1) is 26.7 Å². The molecule has 0 unspecified atom stereocenters. The van der Waals surface area contributed by atoms with Gasteiger partial charge in [0.25, 0.3) is 0 Å². The summed E-state index contributed by atoms with van der Waals surface area (Å²) < 4.78 is 0. The van der Waals surface area contributed by atoms with Crippen LogP contribution in [0.3, 0.4) is 0 Å². The van der Waals surface area contributed by atoms with Gasteiger partial charge in [0.15, 0.2) is 0 Å². The molecule has 5 nitrogen and oxygen atoms in total. The zero-order valence-electron chi connectivity index (χ0n) is 16.5. The monoisotopic (exact) mass is 365 g/mol. The van der Waals surface area contributed by atoms with Gasteiger partial charge in [-0.05, 0) is 67.9 Å². The molecule has 1 aliphatic rings. The third-order valence-electron chi connectivity index (χ3n) is 5.32. The smallest absolute Gasteiger partial charge is 0.313 e. The second-order valence-electron chi connectivity index (χ2n) is 7.70. The van der Waals surface area contributed by atoms with Crippen molar-refractivity contribution in [2.45, 2.75) is 46.6 Å². The van der Waals surface area contributed by atoms with Crippen molar-refractivity contribution in [3.63, 3.8) is 0 Å². The van der Waals surface area contributed by atoms with Crippen LogP contribution < -0.4 is 5.32 Å².